The molecule has 0 heterocycles. The van der Waals surface area contributed by atoms with Crippen LogP contribution in [0.15, 0.2) is 48.5 Å². The number of benzene rings is 2. The number of amides is 2. The molecule has 5 nitrogen and oxygen atoms in total. The topological polar surface area (TPSA) is 58.6 Å². The van der Waals surface area contributed by atoms with Crippen molar-refractivity contribution in [2.24, 2.45) is 0 Å². The highest BCUT2D eigenvalue weighted by atomic mass is 16.5. The first-order chi connectivity index (χ1) is 13.5. The number of hydrogen-bond acceptors (Lipinski definition) is 3. The van der Waals surface area contributed by atoms with E-state index in [2.05, 4.69) is 5.32 Å². The molecule has 1 N–H and O–H groups in total. The van der Waals surface area contributed by atoms with Gasteiger partial charge >= 0.3 is 0 Å². The van der Waals surface area contributed by atoms with Crippen LogP contribution < -0.4 is 10.1 Å². The summed E-state index contributed by atoms with van der Waals surface area (Å²) in [6.45, 7) is 8.59. The fraction of sp³-hybridized carbons (Fsp3) is 0.391. The van der Waals surface area contributed by atoms with Crippen LogP contribution in [0.2, 0.25) is 0 Å². The van der Waals surface area contributed by atoms with E-state index >= 15 is 0 Å². The van der Waals surface area contributed by atoms with Crippen LogP contribution in [0.1, 0.15) is 37.0 Å². The summed E-state index contributed by atoms with van der Waals surface area (Å²) in [6, 6.07) is 14.9. The standard InChI is InChI=1S/C23H30N2O3/c1-5-21(23(27)24-6-2)25(15-19-10-8-7-9-18(19)4)22(26)16-28-20-13-11-17(3)12-14-20/h7-14,21H,5-6,15-16H2,1-4H3,(H,24,27)/t21-/m0/s1. The zero-order chi connectivity index (χ0) is 20.5. The SMILES string of the molecule is CCNC(=O)[C@H](CC)N(Cc1ccccc1C)C(=O)COc1ccc(C)cc1. The van der Waals surface area contributed by atoms with Gasteiger partial charge in [-0.25, -0.2) is 0 Å². The summed E-state index contributed by atoms with van der Waals surface area (Å²) in [5.74, 6) is 0.296. The van der Waals surface area contributed by atoms with Gasteiger partial charge in [-0.3, -0.25) is 9.59 Å². The molecule has 0 aliphatic carbocycles. The monoisotopic (exact) mass is 382 g/mol. The predicted molar refractivity (Wildman–Crippen MR) is 111 cm³/mol. The van der Waals surface area contributed by atoms with Crippen molar-refractivity contribution < 1.29 is 14.3 Å². The third-order valence-electron chi connectivity index (χ3n) is 4.72. The Kier molecular flexibility index (Phi) is 8.05. The second-order valence-corrected chi connectivity index (χ2v) is 6.87. The maximum atomic E-state index is 13.0. The van der Waals surface area contributed by atoms with Crippen molar-refractivity contribution in [3.8, 4) is 5.75 Å². The Hall–Kier alpha value is -2.82. The van der Waals surface area contributed by atoms with Crippen molar-refractivity contribution in [3.05, 3.63) is 65.2 Å². The maximum absolute atomic E-state index is 13.0. The van der Waals surface area contributed by atoms with Gasteiger partial charge in [0.15, 0.2) is 6.61 Å². The molecule has 0 fully saturated rings. The third-order valence-corrected chi connectivity index (χ3v) is 4.72. The van der Waals surface area contributed by atoms with Crippen LogP contribution in [0.4, 0.5) is 0 Å². The highest BCUT2D eigenvalue weighted by molar-refractivity contribution is 5.88. The summed E-state index contributed by atoms with van der Waals surface area (Å²) in [7, 11) is 0. The van der Waals surface area contributed by atoms with E-state index in [-0.39, 0.29) is 18.4 Å². The lowest BCUT2D eigenvalue weighted by molar-refractivity contribution is -0.142. The largest absolute Gasteiger partial charge is 0.484 e. The van der Waals surface area contributed by atoms with Crippen molar-refractivity contribution in [2.45, 2.75) is 46.7 Å². The molecule has 2 aromatic carbocycles. The number of likely N-dealkylation sites (N-methyl/N-ethyl adjacent to an activating group) is 1. The van der Waals surface area contributed by atoms with Gasteiger partial charge in [0.2, 0.25) is 5.91 Å². The smallest absolute Gasteiger partial charge is 0.261 e. The molecule has 2 aromatic rings. The molecular formula is C23H30N2O3. The van der Waals surface area contributed by atoms with Gasteiger partial charge in [-0.1, -0.05) is 48.9 Å². The average Bonchev–Trinajstić information content (AvgIpc) is 2.69. The van der Waals surface area contributed by atoms with E-state index in [0.717, 1.165) is 16.7 Å². The van der Waals surface area contributed by atoms with E-state index in [1.807, 2.05) is 76.2 Å². The molecule has 1 atom stereocenters. The van der Waals surface area contributed by atoms with Gasteiger partial charge in [-0.05, 0) is 50.5 Å². The zero-order valence-corrected chi connectivity index (χ0v) is 17.2. The van der Waals surface area contributed by atoms with Crippen LogP contribution in [-0.2, 0) is 16.1 Å². The number of nitrogens with zero attached hydrogens (tertiary/aromatic N) is 1. The first-order valence-corrected chi connectivity index (χ1v) is 9.77. The fourth-order valence-electron chi connectivity index (χ4n) is 3.05. The predicted octanol–water partition coefficient (Wildman–Crippen LogP) is 3.63. The summed E-state index contributed by atoms with van der Waals surface area (Å²) < 4.78 is 5.68. The van der Waals surface area contributed by atoms with E-state index < -0.39 is 6.04 Å². The van der Waals surface area contributed by atoms with Crippen LogP contribution in [0.25, 0.3) is 0 Å². The molecular weight excluding hydrogens is 352 g/mol. The van der Waals surface area contributed by atoms with Crippen molar-refractivity contribution in [1.29, 1.82) is 0 Å². The van der Waals surface area contributed by atoms with Gasteiger partial charge in [0.1, 0.15) is 11.8 Å². The molecule has 0 aliphatic heterocycles. The molecule has 0 saturated carbocycles. The molecule has 5 heteroatoms. The molecule has 0 unspecified atom stereocenters. The molecule has 2 rings (SSSR count). The zero-order valence-electron chi connectivity index (χ0n) is 17.2. The quantitative estimate of drug-likeness (QED) is 0.721. The highest BCUT2D eigenvalue weighted by Crippen LogP contribution is 2.17. The van der Waals surface area contributed by atoms with Crippen LogP contribution in [0.3, 0.4) is 0 Å². The maximum Gasteiger partial charge on any atom is 0.261 e. The van der Waals surface area contributed by atoms with Crippen LogP contribution in [-0.4, -0.2) is 35.9 Å². The van der Waals surface area contributed by atoms with E-state index in [1.54, 1.807) is 4.90 Å². The Morgan fingerprint density at radius 3 is 2.32 bits per heavy atom. The number of carbonyl (C=O) groups is 2. The summed E-state index contributed by atoms with van der Waals surface area (Å²) in [4.78, 5) is 27.2. The number of ether oxygens (including phenoxy) is 1. The van der Waals surface area contributed by atoms with Gasteiger partial charge < -0.3 is 15.0 Å². The summed E-state index contributed by atoms with van der Waals surface area (Å²) >= 11 is 0. The number of aryl methyl sites for hydroxylation is 2. The fourth-order valence-corrected chi connectivity index (χ4v) is 3.05. The molecule has 2 amide bonds. The first kappa shape index (κ1) is 21.5. The molecule has 0 aromatic heterocycles. The van der Waals surface area contributed by atoms with Gasteiger partial charge in [0.25, 0.3) is 5.91 Å². The highest BCUT2D eigenvalue weighted by Gasteiger charge is 2.28. The third kappa shape index (κ3) is 5.84. The van der Waals surface area contributed by atoms with Crippen molar-refractivity contribution in [1.82, 2.24) is 10.2 Å². The summed E-state index contributed by atoms with van der Waals surface area (Å²) in [6.07, 6.45) is 0.536. The second kappa shape index (κ2) is 10.5. The van der Waals surface area contributed by atoms with E-state index in [4.69, 9.17) is 4.74 Å². The van der Waals surface area contributed by atoms with E-state index in [1.165, 1.54) is 0 Å². The number of carbonyl (C=O) groups excluding carboxylic acids is 2. The molecule has 150 valence electrons. The Labute approximate surface area is 167 Å². The van der Waals surface area contributed by atoms with Gasteiger partial charge in [0.05, 0.1) is 0 Å². The number of rotatable bonds is 9. The first-order valence-electron chi connectivity index (χ1n) is 9.77. The molecule has 0 radical (unpaired) electrons. The molecule has 0 saturated heterocycles. The lowest BCUT2D eigenvalue weighted by atomic mass is 10.1. The van der Waals surface area contributed by atoms with E-state index in [9.17, 15) is 9.59 Å². The van der Waals surface area contributed by atoms with Gasteiger partial charge in [-0.2, -0.15) is 0 Å². The Balaban J connectivity index is 2.20. The lowest BCUT2D eigenvalue weighted by Gasteiger charge is -2.31. The van der Waals surface area contributed by atoms with Crippen molar-refractivity contribution >= 4 is 11.8 Å². The lowest BCUT2D eigenvalue weighted by Crippen LogP contribution is -2.50. The van der Waals surface area contributed by atoms with Crippen LogP contribution >= 0.6 is 0 Å². The summed E-state index contributed by atoms with van der Waals surface area (Å²) in [5, 5.41) is 2.84. The van der Waals surface area contributed by atoms with E-state index in [0.29, 0.717) is 25.3 Å². The number of hydrogen-bond donors (Lipinski definition) is 1. The normalized spacial score (nSPS) is 11.6. The van der Waals surface area contributed by atoms with Gasteiger partial charge in [0, 0.05) is 13.1 Å². The molecule has 0 aliphatic rings. The minimum atomic E-state index is -0.534. The minimum absolute atomic E-state index is 0.106. The molecule has 0 spiro atoms. The summed E-state index contributed by atoms with van der Waals surface area (Å²) in [5.41, 5.74) is 3.24. The second-order valence-electron chi connectivity index (χ2n) is 6.87. The Morgan fingerprint density at radius 2 is 1.71 bits per heavy atom. The Morgan fingerprint density at radius 1 is 1.04 bits per heavy atom. The number of nitrogens with one attached hydrogen (secondary N) is 1. The van der Waals surface area contributed by atoms with Gasteiger partial charge in [-0.15, -0.1) is 0 Å². The van der Waals surface area contributed by atoms with Crippen molar-refractivity contribution in [3.63, 3.8) is 0 Å². The minimum Gasteiger partial charge on any atom is -0.484 e. The molecule has 0 bridgehead atoms. The Bertz CT molecular complexity index is 787. The van der Waals surface area contributed by atoms with Crippen LogP contribution in [0.5, 0.6) is 5.75 Å². The van der Waals surface area contributed by atoms with Crippen molar-refractivity contribution in [2.75, 3.05) is 13.2 Å². The average molecular weight is 383 g/mol. The van der Waals surface area contributed by atoms with Crippen LogP contribution in [0, 0.1) is 13.8 Å². The molecule has 28 heavy (non-hydrogen) atoms.